The maximum Gasteiger partial charge on any atom is 0.250 e. The average molecular weight is 475 g/mol. The lowest BCUT2D eigenvalue weighted by Gasteiger charge is -2.14. The van der Waals surface area contributed by atoms with Gasteiger partial charge in [-0.1, -0.05) is 6.07 Å². The summed E-state index contributed by atoms with van der Waals surface area (Å²) in [5, 5.41) is 18.0. The van der Waals surface area contributed by atoms with Gasteiger partial charge in [-0.2, -0.15) is 9.61 Å². The largest absolute Gasteiger partial charge is 0.550 e. The van der Waals surface area contributed by atoms with E-state index in [0.717, 1.165) is 11.1 Å². The number of nitrogens with zero attached hydrogens (tertiary/aromatic N) is 4. The fraction of sp³-hybridized carbons (Fsp3) is 0.208. The zero-order chi connectivity index (χ0) is 24.9. The molecule has 11 heteroatoms. The first kappa shape index (κ1) is 23.5. The third kappa shape index (κ3) is 5.13. The maximum absolute atomic E-state index is 12.2. The van der Waals surface area contributed by atoms with Gasteiger partial charge in [-0.25, -0.2) is 9.97 Å². The summed E-state index contributed by atoms with van der Waals surface area (Å²) in [6, 6.07) is 12.3. The highest BCUT2D eigenvalue weighted by molar-refractivity contribution is 5.99. The number of benzene rings is 2. The molecule has 2 heterocycles. The van der Waals surface area contributed by atoms with Crippen LogP contribution in [0.15, 0.2) is 48.8 Å². The van der Waals surface area contributed by atoms with Crippen LogP contribution in [0.2, 0.25) is 0 Å². The lowest BCUT2D eigenvalue weighted by molar-refractivity contribution is -0.305. The van der Waals surface area contributed by atoms with Gasteiger partial charge in [0, 0.05) is 17.6 Å². The van der Waals surface area contributed by atoms with Crippen LogP contribution in [-0.2, 0) is 11.2 Å². The molecule has 1 amide bonds. The van der Waals surface area contributed by atoms with Crippen molar-refractivity contribution in [1.82, 2.24) is 19.6 Å². The van der Waals surface area contributed by atoms with Crippen LogP contribution in [0.4, 0.5) is 11.6 Å². The van der Waals surface area contributed by atoms with Crippen LogP contribution in [0, 0.1) is 0 Å². The first-order chi connectivity index (χ1) is 16.9. The summed E-state index contributed by atoms with van der Waals surface area (Å²) in [5.74, 6) is -0.301. The van der Waals surface area contributed by atoms with Crippen LogP contribution in [0.25, 0.3) is 16.9 Å². The van der Waals surface area contributed by atoms with Gasteiger partial charge >= 0.3 is 0 Å². The number of ether oxygens (including phenoxy) is 2. The molecule has 0 unspecified atom stereocenters. The molecule has 180 valence electrons. The van der Waals surface area contributed by atoms with Crippen molar-refractivity contribution in [1.29, 1.82) is 0 Å². The van der Waals surface area contributed by atoms with Gasteiger partial charge in [0.1, 0.15) is 6.33 Å². The normalized spacial score (nSPS) is 10.8. The molecule has 4 aromatic rings. The van der Waals surface area contributed by atoms with Crippen molar-refractivity contribution in [2.24, 2.45) is 5.73 Å². The van der Waals surface area contributed by atoms with Gasteiger partial charge in [0.25, 0.3) is 5.91 Å². The van der Waals surface area contributed by atoms with Crippen LogP contribution < -0.4 is 25.6 Å². The summed E-state index contributed by atoms with van der Waals surface area (Å²) >= 11 is 0. The molecule has 0 aliphatic heterocycles. The number of carbonyl (C=O) groups is 2. The molecule has 35 heavy (non-hydrogen) atoms. The quantitative estimate of drug-likeness (QED) is 0.348. The SMILES string of the molecule is COc1ccc(-c2cc3ncnn3c(Nc3ccc(CCCC(=O)[O-])cc3C(N)=O)n2)cc1OC. The Morgan fingerprint density at radius 2 is 1.89 bits per heavy atom. The number of amides is 1. The number of hydrogen-bond donors (Lipinski definition) is 2. The van der Waals surface area contributed by atoms with Crippen LogP contribution in [-0.4, -0.2) is 45.7 Å². The van der Waals surface area contributed by atoms with Crippen LogP contribution in [0.1, 0.15) is 28.8 Å². The number of carboxylic acid groups (broad SMARTS) is 1. The number of primary amides is 1. The van der Waals surface area contributed by atoms with E-state index in [2.05, 4.69) is 15.4 Å². The smallest absolute Gasteiger partial charge is 0.250 e. The molecule has 4 rings (SSSR count). The van der Waals surface area contributed by atoms with E-state index in [1.165, 1.54) is 10.8 Å². The monoisotopic (exact) mass is 475 g/mol. The van der Waals surface area contributed by atoms with Crippen molar-refractivity contribution in [3.63, 3.8) is 0 Å². The topological polar surface area (TPSA) is 157 Å². The summed E-state index contributed by atoms with van der Waals surface area (Å²) in [4.78, 5) is 31.8. The van der Waals surface area contributed by atoms with Crippen molar-refractivity contribution in [2.75, 3.05) is 19.5 Å². The number of aryl methyl sites for hydroxylation is 1. The van der Waals surface area contributed by atoms with Gasteiger partial charge in [-0.15, -0.1) is 0 Å². The molecular weight excluding hydrogens is 452 g/mol. The van der Waals surface area contributed by atoms with E-state index in [9.17, 15) is 14.7 Å². The van der Waals surface area contributed by atoms with Crippen molar-refractivity contribution < 1.29 is 24.2 Å². The second-order valence-corrected chi connectivity index (χ2v) is 7.66. The number of nitrogens with two attached hydrogens (primary N) is 1. The van der Waals surface area contributed by atoms with Gasteiger partial charge in [0.05, 0.1) is 31.2 Å². The first-order valence-electron chi connectivity index (χ1n) is 10.7. The average Bonchev–Trinajstić information content (AvgIpc) is 3.33. The number of methoxy groups -OCH3 is 2. The van der Waals surface area contributed by atoms with Crippen molar-refractivity contribution in [3.05, 3.63) is 59.9 Å². The zero-order valence-electron chi connectivity index (χ0n) is 19.1. The number of aliphatic carboxylic acids is 1. The number of rotatable bonds is 10. The molecule has 0 fully saturated rings. The number of fused-ring (bicyclic) bond motifs is 1. The fourth-order valence-corrected chi connectivity index (χ4v) is 3.67. The molecule has 0 atom stereocenters. The Bertz CT molecular complexity index is 1400. The Morgan fingerprint density at radius 3 is 2.60 bits per heavy atom. The van der Waals surface area contributed by atoms with Gasteiger partial charge in [0.15, 0.2) is 17.1 Å². The molecule has 0 saturated carbocycles. The zero-order valence-corrected chi connectivity index (χ0v) is 19.1. The Balaban J connectivity index is 1.71. The molecule has 0 bridgehead atoms. The molecular formula is C24H23N6O5-. The molecule has 0 aliphatic rings. The van der Waals surface area contributed by atoms with Crippen LogP contribution in [0.5, 0.6) is 11.5 Å². The van der Waals surface area contributed by atoms with Gasteiger partial charge in [0.2, 0.25) is 5.95 Å². The molecule has 3 N–H and O–H groups in total. The Kier molecular flexibility index (Phi) is 6.76. The number of anilines is 2. The first-order valence-corrected chi connectivity index (χ1v) is 10.7. The predicted octanol–water partition coefficient (Wildman–Crippen LogP) is 1.72. The number of nitrogens with one attached hydrogen (secondary N) is 1. The summed E-state index contributed by atoms with van der Waals surface area (Å²) in [7, 11) is 3.11. The third-order valence-electron chi connectivity index (χ3n) is 5.39. The van der Waals surface area contributed by atoms with E-state index in [0.29, 0.717) is 47.3 Å². The fourth-order valence-electron chi connectivity index (χ4n) is 3.67. The summed E-state index contributed by atoms with van der Waals surface area (Å²) in [5.41, 5.74) is 8.95. The minimum Gasteiger partial charge on any atom is -0.550 e. The molecule has 2 aromatic carbocycles. The molecule has 0 spiro atoms. The standard InChI is InChI=1S/C24H24N6O5/c1-34-19-9-7-15(11-20(19)35-2)18-12-21-26-13-27-30(21)24(29-18)28-17-8-6-14(4-3-5-22(31)32)10-16(17)23(25)33/h6-13H,3-5H2,1-2H3,(H2,25,33)(H,28,29)(H,31,32)/p-1. The van der Waals surface area contributed by atoms with Gasteiger partial charge in [-0.3, -0.25) is 4.79 Å². The van der Waals surface area contributed by atoms with Crippen LogP contribution in [0.3, 0.4) is 0 Å². The van der Waals surface area contributed by atoms with E-state index in [4.69, 9.17) is 20.2 Å². The van der Waals surface area contributed by atoms with Gasteiger partial charge in [-0.05, 0) is 55.2 Å². The Hall–Kier alpha value is -4.67. The summed E-state index contributed by atoms with van der Waals surface area (Å²) < 4.78 is 12.2. The van der Waals surface area contributed by atoms with Crippen molar-refractivity contribution >= 4 is 29.2 Å². The molecule has 11 nitrogen and oxygen atoms in total. The lowest BCUT2D eigenvalue weighted by atomic mass is 10.0. The maximum atomic E-state index is 12.2. The summed E-state index contributed by atoms with van der Waals surface area (Å²) in [6.07, 6.45) is 2.19. The van der Waals surface area contributed by atoms with E-state index in [-0.39, 0.29) is 12.0 Å². The number of hydrogen-bond acceptors (Lipinski definition) is 9. The van der Waals surface area contributed by atoms with E-state index >= 15 is 0 Å². The van der Waals surface area contributed by atoms with Crippen molar-refractivity contribution in [3.8, 4) is 22.8 Å². The van der Waals surface area contributed by atoms with E-state index in [1.54, 1.807) is 50.6 Å². The Morgan fingerprint density at radius 1 is 1.09 bits per heavy atom. The van der Waals surface area contributed by atoms with E-state index in [1.807, 2.05) is 6.07 Å². The summed E-state index contributed by atoms with van der Waals surface area (Å²) in [6.45, 7) is 0. The minimum absolute atomic E-state index is 0.0664. The highest BCUT2D eigenvalue weighted by atomic mass is 16.5. The predicted molar refractivity (Wildman–Crippen MR) is 126 cm³/mol. The van der Waals surface area contributed by atoms with Crippen molar-refractivity contribution in [2.45, 2.75) is 19.3 Å². The molecule has 0 saturated heterocycles. The second kappa shape index (κ2) is 10.1. The highest BCUT2D eigenvalue weighted by Gasteiger charge is 2.15. The number of aromatic nitrogens is 4. The lowest BCUT2D eigenvalue weighted by Crippen LogP contribution is -2.21. The number of carboxylic acids is 1. The Labute approximate surface area is 200 Å². The second-order valence-electron chi connectivity index (χ2n) is 7.66. The molecule has 0 radical (unpaired) electrons. The molecule has 0 aliphatic carbocycles. The third-order valence-corrected chi connectivity index (χ3v) is 5.39. The highest BCUT2D eigenvalue weighted by Crippen LogP contribution is 2.33. The van der Waals surface area contributed by atoms with Crippen LogP contribution >= 0.6 is 0 Å². The molecule has 2 aromatic heterocycles. The van der Waals surface area contributed by atoms with E-state index < -0.39 is 11.9 Å². The number of carbonyl (C=O) groups excluding carboxylic acids is 2. The minimum atomic E-state index is -1.12. The van der Waals surface area contributed by atoms with Gasteiger partial charge < -0.3 is 30.4 Å².